The summed E-state index contributed by atoms with van der Waals surface area (Å²) in [5.74, 6) is 1.56. The number of nitriles is 1. The molecule has 1 aliphatic rings. The van der Waals surface area contributed by atoms with Crippen LogP contribution in [-0.4, -0.2) is 54.8 Å². The first-order valence-corrected chi connectivity index (χ1v) is 10.3. The number of benzene rings is 1. The second kappa shape index (κ2) is 10.9. The number of nitrogens with zero attached hydrogens (tertiary/aromatic N) is 5. The highest BCUT2D eigenvalue weighted by molar-refractivity contribution is 5.79. The van der Waals surface area contributed by atoms with Gasteiger partial charge in [-0.25, -0.2) is 4.98 Å². The van der Waals surface area contributed by atoms with Crippen LogP contribution < -0.4 is 9.64 Å². The third-order valence-electron chi connectivity index (χ3n) is 5.03. The number of aliphatic imine (C=N–C) groups is 1. The molecule has 0 N–H and O–H groups in total. The molecule has 0 aliphatic carbocycles. The largest absolute Gasteiger partial charge is 0.489 e. The summed E-state index contributed by atoms with van der Waals surface area (Å²) in [6.45, 7) is 6.88. The second-order valence-corrected chi connectivity index (χ2v) is 7.35. The fraction of sp³-hybridized carbons (Fsp3) is 0.333. The molecular weight excluding hydrogens is 390 g/mol. The van der Waals surface area contributed by atoms with Crippen molar-refractivity contribution in [3.05, 3.63) is 65.5 Å². The maximum absolute atomic E-state index is 12.7. The van der Waals surface area contributed by atoms with Gasteiger partial charge in [-0.15, -0.1) is 0 Å². The lowest BCUT2D eigenvalue weighted by atomic mass is 10.1. The lowest BCUT2D eigenvalue weighted by Gasteiger charge is -2.35. The van der Waals surface area contributed by atoms with Gasteiger partial charge in [0.25, 0.3) is 0 Å². The lowest BCUT2D eigenvalue weighted by molar-refractivity contribution is -0.130. The predicted octanol–water partition coefficient (Wildman–Crippen LogP) is 3.22. The number of hydrogen-bond donors (Lipinski definition) is 0. The van der Waals surface area contributed by atoms with Crippen LogP contribution in [0, 0.1) is 11.3 Å². The van der Waals surface area contributed by atoms with Gasteiger partial charge in [-0.3, -0.25) is 9.79 Å². The fourth-order valence-corrected chi connectivity index (χ4v) is 3.33. The number of rotatable bonds is 7. The Morgan fingerprint density at radius 3 is 2.65 bits per heavy atom. The molecule has 1 aromatic heterocycles. The summed E-state index contributed by atoms with van der Waals surface area (Å²) < 4.78 is 5.74. The van der Waals surface area contributed by atoms with Crippen molar-refractivity contribution in [2.75, 3.05) is 37.7 Å². The molecule has 2 aromatic rings. The summed E-state index contributed by atoms with van der Waals surface area (Å²) in [5.41, 5.74) is 2.55. The Morgan fingerprint density at radius 1 is 1.23 bits per heavy atom. The molecule has 0 unspecified atom stereocenters. The third kappa shape index (κ3) is 6.16. The Morgan fingerprint density at radius 2 is 1.97 bits per heavy atom. The van der Waals surface area contributed by atoms with Gasteiger partial charge in [0, 0.05) is 44.8 Å². The zero-order chi connectivity index (χ0) is 22.1. The van der Waals surface area contributed by atoms with Gasteiger partial charge in [-0.1, -0.05) is 12.1 Å². The smallest absolute Gasteiger partial charge is 0.227 e. The number of amides is 1. The summed E-state index contributed by atoms with van der Waals surface area (Å²) in [6.07, 6.45) is 5.56. The van der Waals surface area contributed by atoms with E-state index in [1.54, 1.807) is 30.7 Å². The molecule has 1 amide bonds. The average Bonchev–Trinajstić information content (AvgIpc) is 2.82. The van der Waals surface area contributed by atoms with Crippen LogP contribution in [0.2, 0.25) is 0 Å². The van der Waals surface area contributed by atoms with Gasteiger partial charge in [-0.2, -0.15) is 5.26 Å². The summed E-state index contributed by atoms with van der Waals surface area (Å²) in [5, 5.41) is 9.27. The normalized spacial score (nSPS) is 14.5. The molecule has 0 saturated carbocycles. The number of ether oxygens (including phenoxy) is 1. The summed E-state index contributed by atoms with van der Waals surface area (Å²) >= 11 is 0. The number of piperazine rings is 1. The number of anilines is 1. The van der Waals surface area contributed by atoms with Crippen molar-refractivity contribution < 1.29 is 9.53 Å². The molecule has 0 atom stereocenters. The third-order valence-corrected chi connectivity index (χ3v) is 5.03. The highest BCUT2D eigenvalue weighted by Crippen LogP contribution is 2.19. The molecular formula is C24H27N5O2. The first-order valence-electron chi connectivity index (χ1n) is 10.3. The van der Waals surface area contributed by atoms with Crippen LogP contribution in [0.3, 0.4) is 0 Å². The summed E-state index contributed by atoms with van der Waals surface area (Å²) in [7, 11) is 0. The molecule has 2 heterocycles. The van der Waals surface area contributed by atoms with Crippen LogP contribution in [0.25, 0.3) is 0 Å². The van der Waals surface area contributed by atoms with E-state index in [1.807, 2.05) is 43.0 Å². The van der Waals surface area contributed by atoms with Gasteiger partial charge in [-0.05, 0) is 49.2 Å². The number of aromatic nitrogens is 1. The van der Waals surface area contributed by atoms with Gasteiger partial charge >= 0.3 is 0 Å². The van der Waals surface area contributed by atoms with Crippen molar-refractivity contribution in [3.63, 3.8) is 0 Å². The van der Waals surface area contributed by atoms with E-state index in [9.17, 15) is 10.1 Å². The van der Waals surface area contributed by atoms with Gasteiger partial charge < -0.3 is 14.5 Å². The monoisotopic (exact) mass is 417 g/mol. The van der Waals surface area contributed by atoms with Crippen molar-refractivity contribution in [1.29, 1.82) is 5.26 Å². The molecule has 1 fully saturated rings. The number of pyridine rings is 1. The van der Waals surface area contributed by atoms with Crippen LogP contribution in [0.1, 0.15) is 25.0 Å². The molecule has 1 saturated heterocycles. The molecule has 0 radical (unpaired) electrons. The average molecular weight is 418 g/mol. The summed E-state index contributed by atoms with van der Waals surface area (Å²) in [6, 6.07) is 13.4. The molecule has 3 rings (SSSR count). The Hall–Kier alpha value is -3.66. The minimum atomic E-state index is 0.103. The van der Waals surface area contributed by atoms with E-state index in [-0.39, 0.29) is 5.91 Å². The van der Waals surface area contributed by atoms with Crippen molar-refractivity contribution >= 4 is 17.9 Å². The molecule has 7 heteroatoms. The van der Waals surface area contributed by atoms with E-state index < -0.39 is 0 Å². The van der Waals surface area contributed by atoms with E-state index in [0.717, 1.165) is 16.9 Å². The Balaban J connectivity index is 1.49. The first-order chi connectivity index (χ1) is 15.1. The first kappa shape index (κ1) is 22.0. The Labute approximate surface area is 183 Å². The topological polar surface area (TPSA) is 81.8 Å². The van der Waals surface area contributed by atoms with Crippen molar-refractivity contribution in [3.8, 4) is 11.8 Å². The maximum Gasteiger partial charge on any atom is 0.227 e. The van der Waals surface area contributed by atoms with Gasteiger partial charge in [0.05, 0.1) is 12.0 Å². The zero-order valence-electron chi connectivity index (χ0n) is 18.0. The van der Waals surface area contributed by atoms with Crippen molar-refractivity contribution in [1.82, 2.24) is 9.88 Å². The van der Waals surface area contributed by atoms with E-state index >= 15 is 0 Å². The van der Waals surface area contributed by atoms with Crippen LogP contribution in [0.15, 0.2) is 59.4 Å². The maximum atomic E-state index is 12.7. The van der Waals surface area contributed by atoms with Crippen molar-refractivity contribution in [2.45, 2.75) is 20.3 Å². The standard InChI is InChI=1S/C24H27N5O2/c1-3-26-17-19(2)18-31-22-8-6-20(7-9-22)15-23(30)28-11-13-29(14-12-28)24-21(16-25)5-4-10-27-24/h3-10,17H,11-15,18H2,1-2H3/b19-17+,26-3?. The summed E-state index contributed by atoms with van der Waals surface area (Å²) in [4.78, 5) is 25.1. The Bertz CT molecular complexity index is 984. The van der Waals surface area contributed by atoms with Crippen LogP contribution >= 0.6 is 0 Å². The van der Waals surface area contributed by atoms with Gasteiger partial charge in [0.1, 0.15) is 24.2 Å². The molecule has 7 nitrogen and oxygen atoms in total. The van der Waals surface area contributed by atoms with Crippen LogP contribution in [-0.2, 0) is 11.2 Å². The Kier molecular flexibility index (Phi) is 7.77. The number of carbonyl (C=O) groups excluding carboxylic acids is 1. The molecule has 1 aliphatic heterocycles. The highest BCUT2D eigenvalue weighted by Gasteiger charge is 2.23. The van der Waals surface area contributed by atoms with Crippen molar-refractivity contribution in [2.24, 2.45) is 4.99 Å². The van der Waals surface area contributed by atoms with Crippen LogP contribution in [0.5, 0.6) is 5.75 Å². The fourth-order valence-electron chi connectivity index (χ4n) is 3.33. The number of carbonyl (C=O) groups is 1. The quantitative estimate of drug-likeness (QED) is 0.646. The van der Waals surface area contributed by atoms with E-state index in [0.29, 0.717) is 50.6 Å². The SMILES string of the molecule is CC=N/C=C(\C)COc1ccc(CC(=O)N2CCN(c3ncccc3C#N)CC2)cc1. The molecule has 31 heavy (non-hydrogen) atoms. The second-order valence-electron chi connectivity index (χ2n) is 7.35. The molecule has 0 bridgehead atoms. The van der Waals surface area contributed by atoms with Gasteiger partial charge in [0.2, 0.25) is 5.91 Å². The van der Waals surface area contributed by atoms with Gasteiger partial charge in [0.15, 0.2) is 0 Å². The van der Waals surface area contributed by atoms with E-state index in [1.165, 1.54) is 0 Å². The number of hydrogen-bond acceptors (Lipinski definition) is 6. The molecule has 160 valence electrons. The minimum Gasteiger partial charge on any atom is -0.489 e. The minimum absolute atomic E-state index is 0.103. The predicted molar refractivity (Wildman–Crippen MR) is 121 cm³/mol. The molecule has 1 aromatic carbocycles. The van der Waals surface area contributed by atoms with E-state index in [2.05, 4.69) is 20.9 Å². The zero-order valence-corrected chi connectivity index (χ0v) is 18.0. The lowest BCUT2D eigenvalue weighted by Crippen LogP contribution is -2.49. The highest BCUT2D eigenvalue weighted by atomic mass is 16.5. The molecule has 0 spiro atoms. The van der Waals surface area contributed by atoms with Crippen LogP contribution in [0.4, 0.5) is 5.82 Å². The van der Waals surface area contributed by atoms with E-state index in [4.69, 9.17) is 4.74 Å².